The highest BCUT2D eigenvalue weighted by atomic mass is 35.5. The van der Waals surface area contributed by atoms with Gasteiger partial charge in [0.05, 0.1) is 4.34 Å². The number of nitrogens with zero attached hydrogens (tertiary/aromatic N) is 1. The average Bonchev–Trinajstić information content (AvgIpc) is 2.71. The van der Waals surface area contributed by atoms with Crippen molar-refractivity contribution >= 4 is 33.0 Å². The molecule has 7 heteroatoms. The van der Waals surface area contributed by atoms with Crippen LogP contribution in [-0.4, -0.2) is 39.4 Å². The molecule has 0 spiro atoms. The fourth-order valence-corrected chi connectivity index (χ4v) is 5.42. The van der Waals surface area contributed by atoms with Crippen molar-refractivity contribution in [3.05, 3.63) is 16.0 Å². The largest absolute Gasteiger partial charge is 0.316 e. The third-order valence-corrected chi connectivity index (χ3v) is 7.24. The van der Waals surface area contributed by atoms with E-state index in [2.05, 4.69) is 5.32 Å². The molecule has 1 aromatic heterocycles. The second-order valence-corrected chi connectivity index (χ2v) is 8.95. The normalized spacial score (nSPS) is 20.9. The topological polar surface area (TPSA) is 49.4 Å². The molecule has 0 bridgehead atoms. The second-order valence-electron chi connectivity index (χ2n) is 5.02. The Hall–Kier alpha value is -0.140. The first-order valence-electron chi connectivity index (χ1n) is 6.34. The van der Waals surface area contributed by atoms with E-state index in [9.17, 15) is 8.42 Å². The molecule has 0 radical (unpaired) electrons. The number of thiophene rings is 1. The zero-order valence-corrected chi connectivity index (χ0v) is 13.5. The summed E-state index contributed by atoms with van der Waals surface area (Å²) in [6.45, 7) is 4.31. The molecule has 1 aliphatic heterocycles. The minimum absolute atomic E-state index is 0.335. The predicted octanol–water partition coefficient (Wildman–Crippen LogP) is 2.33. The minimum atomic E-state index is -3.40. The van der Waals surface area contributed by atoms with Crippen LogP contribution in [0.25, 0.3) is 0 Å². The van der Waals surface area contributed by atoms with Gasteiger partial charge in [-0.25, -0.2) is 8.42 Å². The summed E-state index contributed by atoms with van der Waals surface area (Å²) in [6, 6.07) is 1.65. The van der Waals surface area contributed by atoms with Crippen LogP contribution in [0.3, 0.4) is 0 Å². The Balaban J connectivity index is 2.10. The molecule has 1 N–H and O–H groups in total. The van der Waals surface area contributed by atoms with E-state index >= 15 is 0 Å². The maximum atomic E-state index is 12.4. The number of hydrogen-bond donors (Lipinski definition) is 1. The second kappa shape index (κ2) is 6.10. The number of piperidine rings is 1. The molecular weight excluding hydrogens is 304 g/mol. The van der Waals surface area contributed by atoms with Gasteiger partial charge in [0.15, 0.2) is 0 Å². The first-order chi connectivity index (χ1) is 8.91. The lowest BCUT2D eigenvalue weighted by molar-refractivity contribution is 0.315. The Morgan fingerprint density at radius 2 is 2.32 bits per heavy atom. The molecule has 0 saturated carbocycles. The first-order valence-corrected chi connectivity index (χ1v) is 8.97. The molecule has 2 rings (SSSR count). The fraction of sp³-hybridized carbons (Fsp3) is 0.667. The maximum Gasteiger partial charge on any atom is 0.252 e. The lowest BCUT2D eigenvalue weighted by Crippen LogP contribution is -2.38. The van der Waals surface area contributed by atoms with Gasteiger partial charge in [0.25, 0.3) is 10.0 Å². The molecule has 1 fully saturated rings. The molecule has 1 saturated heterocycles. The highest BCUT2D eigenvalue weighted by Gasteiger charge is 2.26. The Morgan fingerprint density at radius 1 is 1.58 bits per heavy atom. The molecular formula is C12H19ClN2O2S2. The Labute approximate surface area is 123 Å². The van der Waals surface area contributed by atoms with E-state index in [1.165, 1.54) is 4.31 Å². The van der Waals surface area contributed by atoms with Crippen molar-refractivity contribution in [2.75, 3.05) is 26.7 Å². The summed E-state index contributed by atoms with van der Waals surface area (Å²) in [4.78, 5) is 0. The third kappa shape index (κ3) is 3.49. The Morgan fingerprint density at radius 3 is 2.84 bits per heavy atom. The van der Waals surface area contributed by atoms with Gasteiger partial charge in [0.2, 0.25) is 0 Å². The van der Waals surface area contributed by atoms with Crippen LogP contribution in [0, 0.1) is 12.8 Å². The van der Waals surface area contributed by atoms with Gasteiger partial charge in [-0.1, -0.05) is 11.6 Å². The van der Waals surface area contributed by atoms with Gasteiger partial charge in [-0.15, -0.1) is 11.3 Å². The van der Waals surface area contributed by atoms with Crippen molar-refractivity contribution in [1.82, 2.24) is 9.62 Å². The number of rotatable bonds is 4. The summed E-state index contributed by atoms with van der Waals surface area (Å²) < 4.78 is 27.2. The van der Waals surface area contributed by atoms with Crippen molar-refractivity contribution in [2.45, 2.75) is 24.0 Å². The van der Waals surface area contributed by atoms with Crippen LogP contribution in [0.15, 0.2) is 10.3 Å². The number of nitrogens with one attached hydrogen (secondary N) is 1. The van der Waals surface area contributed by atoms with Crippen LogP contribution in [0.1, 0.15) is 18.4 Å². The van der Waals surface area contributed by atoms with Crippen LogP contribution in [0.2, 0.25) is 4.34 Å². The monoisotopic (exact) mass is 322 g/mol. The summed E-state index contributed by atoms with van der Waals surface area (Å²) in [5.41, 5.74) is 0.818. The predicted molar refractivity (Wildman–Crippen MR) is 79.5 cm³/mol. The zero-order chi connectivity index (χ0) is 14.0. The fourth-order valence-electron chi connectivity index (χ4n) is 2.25. The van der Waals surface area contributed by atoms with Gasteiger partial charge < -0.3 is 5.32 Å². The van der Waals surface area contributed by atoms with E-state index in [0.717, 1.165) is 42.8 Å². The smallest absolute Gasteiger partial charge is 0.252 e. The molecule has 0 aromatic carbocycles. The van der Waals surface area contributed by atoms with E-state index in [1.807, 2.05) is 6.92 Å². The zero-order valence-electron chi connectivity index (χ0n) is 11.1. The number of halogens is 1. The quantitative estimate of drug-likeness (QED) is 0.925. The molecule has 19 heavy (non-hydrogen) atoms. The average molecular weight is 323 g/mol. The van der Waals surface area contributed by atoms with Crippen molar-refractivity contribution in [3.8, 4) is 0 Å². The maximum absolute atomic E-state index is 12.4. The number of hydrogen-bond acceptors (Lipinski definition) is 4. The van der Waals surface area contributed by atoms with E-state index in [4.69, 9.17) is 11.6 Å². The third-order valence-electron chi connectivity index (χ3n) is 3.41. The van der Waals surface area contributed by atoms with Gasteiger partial charge in [-0.3, -0.25) is 0 Å². The molecule has 1 aliphatic rings. The molecule has 0 aliphatic carbocycles. The highest BCUT2D eigenvalue weighted by Crippen LogP contribution is 2.32. The lowest BCUT2D eigenvalue weighted by atomic mass is 10.00. The standard InChI is InChI=1S/C12H19ClN2O2S2/c1-9-6-11(18-12(9)13)19(16,17)15(2)8-10-4-3-5-14-7-10/h6,10,14H,3-5,7-8H2,1-2H3. The summed E-state index contributed by atoms with van der Waals surface area (Å²) in [7, 11) is -1.75. The SMILES string of the molecule is Cc1cc(S(=O)(=O)N(C)CC2CCCNC2)sc1Cl. The van der Waals surface area contributed by atoms with Gasteiger partial charge in [0.1, 0.15) is 4.21 Å². The summed E-state index contributed by atoms with van der Waals surface area (Å²) in [6.07, 6.45) is 2.19. The minimum Gasteiger partial charge on any atom is -0.316 e. The highest BCUT2D eigenvalue weighted by molar-refractivity contribution is 7.91. The van der Waals surface area contributed by atoms with E-state index in [0.29, 0.717) is 21.0 Å². The van der Waals surface area contributed by atoms with Gasteiger partial charge in [-0.2, -0.15) is 4.31 Å². The first kappa shape index (κ1) is 15.3. The van der Waals surface area contributed by atoms with Crippen molar-refractivity contribution in [1.29, 1.82) is 0 Å². The molecule has 108 valence electrons. The van der Waals surface area contributed by atoms with E-state index in [1.54, 1.807) is 13.1 Å². The van der Waals surface area contributed by atoms with Crippen molar-refractivity contribution < 1.29 is 8.42 Å². The van der Waals surface area contributed by atoms with Gasteiger partial charge in [-0.05, 0) is 50.4 Å². The van der Waals surface area contributed by atoms with E-state index < -0.39 is 10.0 Å². The van der Waals surface area contributed by atoms with Crippen LogP contribution >= 0.6 is 22.9 Å². The molecule has 0 amide bonds. The van der Waals surface area contributed by atoms with Crippen LogP contribution < -0.4 is 5.32 Å². The Kier molecular flexibility index (Phi) is 4.89. The summed E-state index contributed by atoms with van der Waals surface area (Å²) >= 11 is 7.09. The van der Waals surface area contributed by atoms with Crippen LogP contribution in [-0.2, 0) is 10.0 Å². The molecule has 1 aromatic rings. The van der Waals surface area contributed by atoms with Crippen LogP contribution in [0.4, 0.5) is 0 Å². The number of sulfonamides is 1. The van der Waals surface area contributed by atoms with Crippen molar-refractivity contribution in [2.24, 2.45) is 5.92 Å². The molecule has 2 heterocycles. The lowest BCUT2D eigenvalue weighted by Gasteiger charge is -2.26. The molecule has 1 atom stereocenters. The van der Waals surface area contributed by atoms with Gasteiger partial charge in [0, 0.05) is 13.6 Å². The summed E-state index contributed by atoms with van der Waals surface area (Å²) in [5.74, 6) is 0.394. The summed E-state index contributed by atoms with van der Waals surface area (Å²) in [5, 5.41) is 3.30. The van der Waals surface area contributed by atoms with Crippen LogP contribution in [0.5, 0.6) is 0 Å². The van der Waals surface area contributed by atoms with Gasteiger partial charge >= 0.3 is 0 Å². The molecule has 4 nitrogen and oxygen atoms in total. The van der Waals surface area contributed by atoms with E-state index in [-0.39, 0.29) is 0 Å². The molecule has 1 unspecified atom stereocenters. The van der Waals surface area contributed by atoms with Crippen molar-refractivity contribution in [3.63, 3.8) is 0 Å². The number of aryl methyl sites for hydroxylation is 1. The Bertz CT molecular complexity index is 516.